The Labute approximate surface area is 129 Å². The van der Waals surface area contributed by atoms with Crippen LogP contribution >= 0.6 is 0 Å². The number of benzene rings is 1. The van der Waals surface area contributed by atoms with Gasteiger partial charge in [-0.1, -0.05) is 0 Å². The average molecular weight is 329 g/mol. The van der Waals surface area contributed by atoms with Crippen molar-refractivity contribution in [3.63, 3.8) is 0 Å². The third kappa shape index (κ3) is 3.55. The fourth-order valence-corrected chi connectivity index (χ4v) is 1.93. The third-order valence-electron chi connectivity index (χ3n) is 3.06. The quantitative estimate of drug-likeness (QED) is 0.937. The van der Waals surface area contributed by atoms with Gasteiger partial charge in [0.1, 0.15) is 17.2 Å². The van der Waals surface area contributed by atoms with Crippen molar-refractivity contribution in [3.8, 4) is 11.5 Å². The van der Waals surface area contributed by atoms with Crippen LogP contribution in [0.25, 0.3) is 0 Å². The highest BCUT2D eigenvalue weighted by Gasteiger charge is 2.35. The number of carbonyl (C=O) groups is 1. The van der Waals surface area contributed by atoms with Crippen molar-refractivity contribution in [2.24, 2.45) is 7.05 Å². The maximum absolute atomic E-state index is 12.7. The lowest BCUT2D eigenvalue weighted by atomic mass is 10.2. The molecule has 0 radical (unpaired) electrons. The number of alkyl halides is 3. The Kier molecular flexibility index (Phi) is 4.48. The Morgan fingerprint density at radius 2 is 1.91 bits per heavy atom. The van der Waals surface area contributed by atoms with E-state index >= 15 is 0 Å². The van der Waals surface area contributed by atoms with Gasteiger partial charge in [0.25, 0.3) is 5.91 Å². The number of nitrogens with zero attached hydrogens (tertiary/aromatic N) is 2. The molecule has 1 aromatic heterocycles. The molecule has 1 heterocycles. The molecular weight excluding hydrogens is 315 g/mol. The highest BCUT2D eigenvalue weighted by atomic mass is 19.4. The lowest BCUT2D eigenvalue weighted by molar-refractivity contribution is -0.143. The van der Waals surface area contributed by atoms with E-state index in [4.69, 9.17) is 9.47 Å². The van der Waals surface area contributed by atoms with Crippen molar-refractivity contribution in [3.05, 3.63) is 35.7 Å². The zero-order valence-electron chi connectivity index (χ0n) is 12.6. The van der Waals surface area contributed by atoms with E-state index in [1.807, 2.05) is 0 Å². The van der Waals surface area contributed by atoms with Crippen molar-refractivity contribution < 1.29 is 27.4 Å². The van der Waals surface area contributed by atoms with Crippen LogP contribution < -0.4 is 14.8 Å². The van der Waals surface area contributed by atoms with E-state index in [9.17, 15) is 18.0 Å². The summed E-state index contributed by atoms with van der Waals surface area (Å²) in [4.78, 5) is 12.1. The zero-order chi connectivity index (χ0) is 17.2. The first-order chi connectivity index (χ1) is 10.8. The van der Waals surface area contributed by atoms with Gasteiger partial charge in [-0.25, -0.2) is 0 Å². The average Bonchev–Trinajstić information content (AvgIpc) is 2.90. The Hall–Kier alpha value is -2.71. The van der Waals surface area contributed by atoms with Crippen LogP contribution in [0.15, 0.2) is 24.3 Å². The van der Waals surface area contributed by atoms with Gasteiger partial charge in [0, 0.05) is 19.2 Å². The molecule has 0 aliphatic rings. The van der Waals surface area contributed by atoms with E-state index in [0.717, 1.165) is 7.05 Å². The van der Waals surface area contributed by atoms with Crippen LogP contribution in [0.2, 0.25) is 0 Å². The van der Waals surface area contributed by atoms with Crippen LogP contribution in [0.3, 0.4) is 0 Å². The van der Waals surface area contributed by atoms with Crippen molar-refractivity contribution in [1.82, 2.24) is 9.78 Å². The van der Waals surface area contributed by atoms with E-state index < -0.39 is 17.8 Å². The molecule has 9 heteroatoms. The number of aromatic nitrogens is 2. The summed E-state index contributed by atoms with van der Waals surface area (Å²) in [7, 11) is 3.99. The number of aryl methyl sites for hydroxylation is 1. The minimum Gasteiger partial charge on any atom is -0.497 e. The Morgan fingerprint density at radius 3 is 2.43 bits per heavy atom. The second-order valence-corrected chi connectivity index (χ2v) is 4.56. The van der Waals surface area contributed by atoms with Gasteiger partial charge in [-0.05, 0) is 12.1 Å². The first-order valence-corrected chi connectivity index (χ1v) is 6.41. The van der Waals surface area contributed by atoms with E-state index in [-0.39, 0.29) is 11.4 Å². The summed E-state index contributed by atoms with van der Waals surface area (Å²) in [5.74, 6) is 0.0429. The predicted molar refractivity (Wildman–Crippen MR) is 75.7 cm³/mol. The second-order valence-electron chi connectivity index (χ2n) is 4.56. The molecule has 0 fully saturated rings. The first kappa shape index (κ1) is 16.7. The van der Waals surface area contributed by atoms with Crippen LogP contribution in [0, 0.1) is 0 Å². The highest BCUT2D eigenvalue weighted by molar-refractivity contribution is 6.03. The minimum atomic E-state index is -4.59. The molecule has 0 aliphatic heterocycles. The Morgan fingerprint density at radius 1 is 1.22 bits per heavy atom. The molecular formula is C14H14F3N3O3. The molecule has 0 bridgehead atoms. The predicted octanol–water partition coefficient (Wildman–Crippen LogP) is 2.71. The summed E-state index contributed by atoms with van der Waals surface area (Å²) in [5, 5.41) is 6.04. The fraction of sp³-hybridized carbons (Fsp3) is 0.286. The van der Waals surface area contributed by atoms with Gasteiger partial charge >= 0.3 is 6.18 Å². The van der Waals surface area contributed by atoms with E-state index in [2.05, 4.69) is 10.4 Å². The summed E-state index contributed by atoms with van der Waals surface area (Å²) >= 11 is 0. The lowest BCUT2D eigenvalue weighted by Gasteiger charge is -2.10. The first-order valence-electron chi connectivity index (χ1n) is 6.41. The van der Waals surface area contributed by atoms with E-state index in [1.54, 1.807) is 6.07 Å². The number of amides is 1. The minimum absolute atomic E-state index is 0.289. The Bertz CT molecular complexity index is 726. The maximum atomic E-state index is 12.7. The molecule has 23 heavy (non-hydrogen) atoms. The molecule has 0 unspecified atom stereocenters. The van der Waals surface area contributed by atoms with E-state index in [1.165, 1.54) is 26.4 Å². The fourth-order valence-electron chi connectivity index (χ4n) is 1.93. The Balaban J connectivity index is 2.26. The molecule has 1 amide bonds. The van der Waals surface area contributed by atoms with Crippen molar-refractivity contribution in [2.75, 3.05) is 19.5 Å². The van der Waals surface area contributed by atoms with E-state index in [0.29, 0.717) is 22.2 Å². The lowest BCUT2D eigenvalue weighted by Crippen LogP contribution is -2.13. The van der Waals surface area contributed by atoms with Gasteiger partial charge in [0.2, 0.25) is 0 Å². The summed E-state index contributed by atoms with van der Waals surface area (Å²) in [6.07, 6.45) is -4.59. The zero-order valence-corrected chi connectivity index (χ0v) is 12.6. The van der Waals surface area contributed by atoms with Crippen LogP contribution in [-0.2, 0) is 13.2 Å². The number of hydrogen-bond acceptors (Lipinski definition) is 4. The van der Waals surface area contributed by atoms with Crippen molar-refractivity contribution in [1.29, 1.82) is 0 Å². The molecule has 1 aromatic carbocycles. The summed E-state index contributed by atoms with van der Waals surface area (Å²) < 4.78 is 48.9. The topological polar surface area (TPSA) is 65.4 Å². The standard InChI is InChI=1S/C14H14F3N3O3/c1-20-12(14(15,16)17)7-10(19-20)13(21)18-9-5-4-8(22-2)6-11(9)23-3/h4-7H,1-3H3,(H,18,21). The van der Waals surface area contributed by atoms with Crippen LogP contribution in [-0.4, -0.2) is 29.9 Å². The van der Waals surface area contributed by atoms with Gasteiger partial charge in [0.05, 0.1) is 19.9 Å². The number of halogens is 3. The van der Waals surface area contributed by atoms with Gasteiger partial charge < -0.3 is 14.8 Å². The van der Waals surface area contributed by atoms with Crippen molar-refractivity contribution >= 4 is 11.6 Å². The summed E-state index contributed by atoms with van der Waals surface area (Å²) in [6, 6.07) is 5.32. The molecule has 0 atom stereocenters. The monoisotopic (exact) mass is 329 g/mol. The summed E-state index contributed by atoms with van der Waals surface area (Å²) in [5.41, 5.74) is -1.07. The third-order valence-corrected chi connectivity index (χ3v) is 3.06. The van der Waals surface area contributed by atoms with Crippen molar-refractivity contribution in [2.45, 2.75) is 6.18 Å². The number of ether oxygens (including phenoxy) is 2. The van der Waals surface area contributed by atoms with Gasteiger partial charge in [0.15, 0.2) is 5.69 Å². The van der Waals surface area contributed by atoms with Gasteiger partial charge in [-0.2, -0.15) is 18.3 Å². The van der Waals surface area contributed by atoms with Gasteiger partial charge in [-0.15, -0.1) is 0 Å². The number of methoxy groups -OCH3 is 2. The smallest absolute Gasteiger partial charge is 0.433 e. The maximum Gasteiger partial charge on any atom is 0.433 e. The number of carbonyl (C=O) groups excluding carboxylic acids is 1. The molecule has 0 spiro atoms. The molecule has 0 aliphatic carbocycles. The number of nitrogens with one attached hydrogen (secondary N) is 1. The normalized spacial score (nSPS) is 11.2. The SMILES string of the molecule is COc1ccc(NC(=O)c2cc(C(F)(F)F)n(C)n2)c(OC)c1. The summed E-state index contributed by atoms with van der Waals surface area (Å²) in [6.45, 7) is 0. The molecule has 2 aromatic rings. The molecule has 6 nitrogen and oxygen atoms in total. The van der Waals surface area contributed by atoms with Crippen LogP contribution in [0.4, 0.5) is 18.9 Å². The number of anilines is 1. The molecule has 124 valence electrons. The molecule has 2 rings (SSSR count). The van der Waals surface area contributed by atoms with Crippen LogP contribution in [0.5, 0.6) is 11.5 Å². The van der Waals surface area contributed by atoms with Gasteiger partial charge in [-0.3, -0.25) is 9.48 Å². The molecule has 0 saturated carbocycles. The molecule has 1 N–H and O–H groups in total. The number of rotatable bonds is 4. The second kappa shape index (κ2) is 6.19. The number of hydrogen-bond donors (Lipinski definition) is 1. The largest absolute Gasteiger partial charge is 0.497 e. The van der Waals surface area contributed by atoms with Crippen LogP contribution in [0.1, 0.15) is 16.2 Å². The molecule has 0 saturated heterocycles. The highest BCUT2D eigenvalue weighted by Crippen LogP contribution is 2.31.